The number of aliphatic imine (C=N–C) groups is 1. The lowest BCUT2D eigenvalue weighted by molar-refractivity contribution is 0.663. The molecule has 2 aromatic rings. The lowest BCUT2D eigenvalue weighted by Crippen LogP contribution is -2.37. The van der Waals surface area contributed by atoms with Crippen molar-refractivity contribution < 1.29 is 0 Å². The van der Waals surface area contributed by atoms with E-state index in [1.54, 1.807) is 0 Å². The molecule has 3 rings (SSSR count). The van der Waals surface area contributed by atoms with E-state index >= 15 is 0 Å². The van der Waals surface area contributed by atoms with Gasteiger partial charge in [0.25, 0.3) is 0 Å². The van der Waals surface area contributed by atoms with E-state index in [9.17, 15) is 0 Å². The summed E-state index contributed by atoms with van der Waals surface area (Å²) < 4.78 is 2.19. The Morgan fingerprint density at radius 3 is 3.09 bits per heavy atom. The number of nitrogens with zero attached hydrogens (tertiary/aromatic N) is 4. The van der Waals surface area contributed by atoms with Gasteiger partial charge in [-0.05, 0) is 31.0 Å². The number of hydrogen-bond acceptors (Lipinski definition) is 3. The summed E-state index contributed by atoms with van der Waals surface area (Å²) in [6.45, 7) is 5.06. The Labute approximate surface area is 141 Å². The molecule has 0 amide bonds. The molecule has 1 aliphatic heterocycles. The quantitative estimate of drug-likeness (QED) is 0.650. The fraction of sp³-hybridized carbons (Fsp3) is 0.438. The van der Waals surface area contributed by atoms with Crippen LogP contribution in [0.4, 0.5) is 0 Å². The molecule has 2 heterocycles. The van der Waals surface area contributed by atoms with Gasteiger partial charge in [0.15, 0.2) is 11.8 Å². The molecule has 0 radical (unpaired) electrons. The number of nitrogens with one attached hydrogen (secondary N) is 2. The van der Waals surface area contributed by atoms with E-state index in [0.29, 0.717) is 13.1 Å². The lowest BCUT2D eigenvalue weighted by atomic mass is 10.2. The fourth-order valence-electron chi connectivity index (χ4n) is 2.65. The normalized spacial score (nSPS) is 13.9. The van der Waals surface area contributed by atoms with Gasteiger partial charge in [-0.25, -0.2) is 4.99 Å². The van der Waals surface area contributed by atoms with Crippen molar-refractivity contribution in [3.8, 4) is 0 Å². The Bertz CT molecular complexity index is 694. The third-order valence-electron chi connectivity index (χ3n) is 3.75. The van der Waals surface area contributed by atoms with Crippen molar-refractivity contribution in [2.45, 2.75) is 39.4 Å². The van der Waals surface area contributed by atoms with Gasteiger partial charge >= 0.3 is 0 Å². The summed E-state index contributed by atoms with van der Waals surface area (Å²) in [5.74, 6) is 2.82. The van der Waals surface area contributed by atoms with Crippen LogP contribution in [0.25, 0.3) is 0 Å². The van der Waals surface area contributed by atoms with Crippen LogP contribution < -0.4 is 10.6 Å². The van der Waals surface area contributed by atoms with E-state index in [-0.39, 0.29) is 0 Å². The topological polar surface area (TPSA) is 67.1 Å². The zero-order chi connectivity index (χ0) is 16.1. The molecule has 7 heteroatoms. The highest BCUT2D eigenvalue weighted by Crippen LogP contribution is 2.14. The number of halogens is 1. The van der Waals surface area contributed by atoms with Crippen molar-refractivity contribution in [3.05, 3.63) is 46.5 Å². The second-order valence-electron chi connectivity index (χ2n) is 5.47. The van der Waals surface area contributed by atoms with Gasteiger partial charge in [-0.1, -0.05) is 23.7 Å². The van der Waals surface area contributed by atoms with Gasteiger partial charge in [-0.2, -0.15) is 0 Å². The summed E-state index contributed by atoms with van der Waals surface area (Å²) >= 11 is 6.01. The number of guanidine groups is 1. The second-order valence-corrected chi connectivity index (χ2v) is 5.90. The molecule has 0 bridgehead atoms. The number of rotatable bonds is 5. The molecule has 0 atom stereocenters. The molecule has 122 valence electrons. The van der Waals surface area contributed by atoms with Gasteiger partial charge < -0.3 is 15.2 Å². The summed E-state index contributed by atoms with van der Waals surface area (Å²) in [6, 6.07) is 7.75. The van der Waals surface area contributed by atoms with Crippen LogP contribution in [0.15, 0.2) is 29.3 Å². The van der Waals surface area contributed by atoms with Crippen LogP contribution >= 0.6 is 11.6 Å². The molecule has 1 aliphatic rings. The van der Waals surface area contributed by atoms with Crippen molar-refractivity contribution in [2.24, 2.45) is 4.99 Å². The van der Waals surface area contributed by atoms with Crippen LogP contribution in [0.1, 0.15) is 30.6 Å². The number of aryl methyl sites for hydroxylation is 1. The highest BCUT2D eigenvalue weighted by molar-refractivity contribution is 6.30. The SMILES string of the molecule is CCNC(=NCc1cccc(Cl)c1)NCc1nnc2n1CCC2. The standard InChI is InChI=1S/C16H21ClN6/c1-2-18-16(19-10-12-5-3-6-13(17)9-12)20-11-15-22-21-14-7-4-8-23(14)15/h3,5-6,9H,2,4,7-8,10-11H2,1H3,(H2,18,19,20). The first-order valence-electron chi connectivity index (χ1n) is 7.94. The maximum Gasteiger partial charge on any atom is 0.191 e. The van der Waals surface area contributed by atoms with Crippen LogP contribution in [0, 0.1) is 0 Å². The minimum atomic E-state index is 0.577. The molecule has 23 heavy (non-hydrogen) atoms. The molecule has 0 saturated carbocycles. The molecule has 6 nitrogen and oxygen atoms in total. The van der Waals surface area contributed by atoms with Crippen LogP contribution in [-0.4, -0.2) is 27.3 Å². The Morgan fingerprint density at radius 1 is 1.35 bits per heavy atom. The number of aromatic nitrogens is 3. The molecule has 0 spiro atoms. The molecule has 1 aromatic heterocycles. The van der Waals surface area contributed by atoms with Gasteiger partial charge in [-0.15, -0.1) is 10.2 Å². The molecule has 2 N–H and O–H groups in total. The van der Waals surface area contributed by atoms with Gasteiger partial charge in [0, 0.05) is 24.5 Å². The van der Waals surface area contributed by atoms with Gasteiger partial charge in [0.2, 0.25) is 0 Å². The molecule has 0 unspecified atom stereocenters. The third-order valence-corrected chi connectivity index (χ3v) is 3.99. The van der Waals surface area contributed by atoms with Crippen LogP contribution in [0.3, 0.4) is 0 Å². The van der Waals surface area contributed by atoms with E-state index in [1.165, 1.54) is 0 Å². The average molecular weight is 333 g/mol. The molecule has 0 saturated heterocycles. The lowest BCUT2D eigenvalue weighted by Gasteiger charge is -2.11. The number of fused-ring (bicyclic) bond motifs is 1. The Kier molecular flexibility index (Phi) is 5.12. The summed E-state index contributed by atoms with van der Waals surface area (Å²) in [5.41, 5.74) is 1.08. The predicted molar refractivity (Wildman–Crippen MR) is 91.5 cm³/mol. The van der Waals surface area contributed by atoms with Gasteiger partial charge in [0.1, 0.15) is 5.82 Å². The summed E-state index contributed by atoms with van der Waals surface area (Å²) in [7, 11) is 0. The second kappa shape index (κ2) is 7.46. The molecular weight excluding hydrogens is 312 g/mol. The van der Waals surface area contributed by atoms with Crippen molar-refractivity contribution in [1.29, 1.82) is 0 Å². The smallest absolute Gasteiger partial charge is 0.191 e. The zero-order valence-corrected chi connectivity index (χ0v) is 14.0. The van der Waals surface area contributed by atoms with E-state index in [1.807, 2.05) is 31.2 Å². The van der Waals surface area contributed by atoms with Crippen molar-refractivity contribution in [3.63, 3.8) is 0 Å². The number of benzene rings is 1. The maximum atomic E-state index is 6.01. The molecule has 0 aliphatic carbocycles. The van der Waals surface area contributed by atoms with Crippen molar-refractivity contribution in [1.82, 2.24) is 25.4 Å². The molecule has 0 fully saturated rings. The van der Waals surface area contributed by atoms with Crippen LogP contribution in [-0.2, 0) is 26.1 Å². The summed E-state index contributed by atoms with van der Waals surface area (Å²) in [5, 5.41) is 15.8. The van der Waals surface area contributed by atoms with Crippen molar-refractivity contribution in [2.75, 3.05) is 6.54 Å². The first kappa shape index (κ1) is 15.8. The van der Waals surface area contributed by atoms with Crippen LogP contribution in [0.2, 0.25) is 5.02 Å². The summed E-state index contributed by atoms with van der Waals surface area (Å²) in [4.78, 5) is 4.60. The fourth-order valence-corrected chi connectivity index (χ4v) is 2.86. The van der Waals surface area contributed by atoms with E-state index in [2.05, 4.69) is 30.4 Å². The Morgan fingerprint density at radius 2 is 2.26 bits per heavy atom. The largest absolute Gasteiger partial charge is 0.357 e. The van der Waals surface area contributed by atoms with Gasteiger partial charge in [-0.3, -0.25) is 0 Å². The van der Waals surface area contributed by atoms with Crippen molar-refractivity contribution >= 4 is 17.6 Å². The van der Waals surface area contributed by atoms with E-state index < -0.39 is 0 Å². The first-order chi connectivity index (χ1) is 11.3. The van der Waals surface area contributed by atoms with Gasteiger partial charge in [0.05, 0.1) is 13.1 Å². The zero-order valence-electron chi connectivity index (χ0n) is 13.2. The summed E-state index contributed by atoms with van der Waals surface area (Å²) in [6.07, 6.45) is 2.18. The predicted octanol–water partition coefficient (Wildman–Crippen LogP) is 2.13. The maximum absolute atomic E-state index is 6.01. The third kappa shape index (κ3) is 4.01. The minimum Gasteiger partial charge on any atom is -0.357 e. The van der Waals surface area contributed by atoms with Crippen LogP contribution in [0.5, 0.6) is 0 Å². The highest BCUT2D eigenvalue weighted by atomic mass is 35.5. The average Bonchev–Trinajstić information content (AvgIpc) is 3.14. The molecular formula is C16H21ClN6. The van der Waals surface area contributed by atoms with E-state index in [0.717, 1.165) is 54.1 Å². The highest BCUT2D eigenvalue weighted by Gasteiger charge is 2.16. The Balaban J connectivity index is 1.62. The minimum absolute atomic E-state index is 0.577. The molecule has 1 aromatic carbocycles. The first-order valence-corrected chi connectivity index (χ1v) is 8.31. The Hall–Kier alpha value is -2.08. The monoisotopic (exact) mass is 332 g/mol. The van der Waals surface area contributed by atoms with E-state index in [4.69, 9.17) is 11.6 Å². The number of hydrogen-bond donors (Lipinski definition) is 2.